The molecule has 3 N–H and O–H groups in total. The van der Waals surface area contributed by atoms with E-state index in [0.717, 1.165) is 15.6 Å². The SMILES string of the molecule is Cc1ccc(C(NN)c2ccc(Cl)c(Br)c2)cc1C. The molecule has 2 rings (SSSR count). The monoisotopic (exact) mass is 338 g/mol. The molecule has 0 heterocycles. The second kappa shape index (κ2) is 6.06. The van der Waals surface area contributed by atoms with Crippen LogP contribution in [0.25, 0.3) is 0 Å². The number of aryl methyl sites for hydroxylation is 2. The summed E-state index contributed by atoms with van der Waals surface area (Å²) in [6, 6.07) is 12.1. The minimum absolute atomic E-state index is 0.0483. The van der Waals surface area contributed by atoms with Gasteiger partial charge in [-0.25, -0.2) is 5.43 Å². The zero-order valence-electron chi connectivity index (χ0n) is 10.9. The second-order valence-electron chi connectivity index (χ2n) is 4.62. The molecule has 0 saturated heterocycles. The van der Waals surface area contributed by atoms with Crippen LogP contribution in [0.5, 0.6) is 0 Å². The lowest BCUT2D eigenvalue weighted by Crippen LogP contribution is -2.28. The van der Waals surface area contributed by atoms with Gasteiger partial charge >= 0.3 is 0 Å². The van der Waals surface area contributed by atoms with Crippen molar-refractivity contribution in [2.24, 2.45) is 5.84 Å². The lowest BCUT2D eigenvalue weighted by atomic mass is 9.96. The van der Waals surface area contributed by atoms with Crippen molar-refractivity contribution in [2.75, 3.05) is 0 Å². The molecule has 2 nitrogen and oxygen atoms in total. The summed E-state index contributed by atoms with van der Waals surface area (Å²) in [5.41, 5.74) is 7.60. The quantitative estimate of drug-likeness (QED) is 0.647. The summed E-state index contributed by atoms with van der Waals surface area (Å²) in [4.78, 5) is 0. The van der Waals surface area contributed by atoms with Gasteiger partial charge in [0.15, 0.2) is 0 Å². The van der Waals surface area contributed by atoms with Gasteiger partial charge in [0, 0.05) is 4.47 Å². The van der Waals surface area contributed by atoms with E-state index in [-0.39, 0.29) is 6.04 Å². The molecule has 0 fully saturated rings. The van der Waals surface area contributed by atoms with E-state index in [1.165, 1.54) is 11.1 Å². The van der Waals surface area contributed by atoms with E-state index in [0.29, 0.717) is 5.02 Å². The Morgan fingerprint density at radius 1 is 1.05 bits per heavy atom. The van der Waals surface area contributed by atoms with Gasteiger partial charge in [0.25, 0.3) is 0 Å². The Morgan fingerprint density at radius 3 is 2.26 bits per heavy atom. The summed E-state index contributed by atoms with van der Waals surface area (Å²) >= 11 is 9.46. The van der Waals surface area contributed by atoms with Gasteiger partial charge in [0.2, 0.25) is 0 Å². The molecule has 0 radical (unpaired) electrons. The number of nitrogens with two attached hydrogens (primary N) is 1. The average molecular weight is 340 g/mol. The molecule has 0 amide bonds. The summed E-state index contributed by atoms with van der Waals surface area (Å²) in [6.07, 6.45) is 0. The van der Waals surface area contributed by atoms with Gasteiger partial charge in [-0.1, -0.05) is 35.9 Å². The van der Waals surface area contributed by atoms with Gasteiger partial charge < -0.3 is 0 Å². The van der Waals surface area contributed by atoms with Crippen LogP contribution in [0.3, 0.4) is 0 Å². The van der Waals surface area contributed by atoms with E-state index < -0.39 is 0 Å². The second-order valence-corrected chi connectivity index (χ2v) is 5.88. The number of hydrazine groups is 1. The highest BCUT2D eigenvalue weighted by molar-refractivity contribution is 9.10. The van der Waals surface area contributed by atoms with Gasteiger partial charge in [-0.3, -0.25) is 5.84 Å². The van der Waals surface area contributed by atoms with E-state index in [9.17, 15) is 0 Å². The third-order valence-corrected chi connectivity index (χ3v) is 4.52. The normalized spacial score (nSPS) is 12.5. The average Bonchev–Trinajstić information content (AvgIpc) is 2.39. The van der Waals surface area contributed by atoms with Crippen molar-refractivity contribution in [2.45, 2.75) is 19.9 Å². The van der Waals surface area contributed by atoms with Crippen LogP contribution in [-0.4, -0.2) is 0 Å². The topological polar surface area (TPSA) is 38.0 Å². The molecule has 19 heavy (non-hydrogen) atoms. The molecule has 0 bridgehead atoms. The van der Waals surface area contributed by atoms with E-state index in [4.69, 9.17) is 17.4 Å². The zero-order valence-corrected chi connectivity index (χ0v) is 13.2. The summed E-state index contributed by atoms with van der Waals surface area (Å²) < 4.78 is 0.871. The first kappa shape index (κ1) is 14.5. The molecular weight excluding hydrogens is 324 g/mol. The van der Waals surface area contributed by atoms with E-state index in [1.807, 2.05) is 18.2 Å². The van der Waals surface area contributed by atoms with E-state index in [2.05, 4.69) is 53.4 Å². The van der Waals surface area contributed by atoms with E-state index >= 15 is 0 Å². The molecule has 0 aliphatic rings. The van der Waals surface area contributed by atoms with Gasteiger partial charge in [0.05, 0.1) is 11.1 Å². The number of halogens is 2. The molecule has 2 aromatic rings. The molecular formula is C15H16BrClN2. The standard InChI is InChI=1S/C15H16BrClN2/c1-9-3-4-11(7-10(9)2)15(19-18)12-5-6-14(17)13(16)8-12/h3-8,15,19H,18H2,1-2H3. The molecule has 0 spiro atoms. The Morgan fingerprint density at radius 2 is 1.68 bits per heavy atom. The number of benzene rings is 2. The first-order chi connectivity index (χ1) is 9.02. The van der Waals surface area contributed by atoms with Crippen molar-refractivity contribution >= 4 is 27.5 Å². The minimum atomic E-state index is -0.0483. The molecule has 0 aliphatic heterocycles. The van der Waals surface area contributed by atoms with Gasteiger partial charge in [0.1, 0.15) is 0 Å². The molecule has 2 aromatic carbocycles. The summed E-state index contributed by atoms with van der Waals surface area (Å²) in [5.74, 6) is 5.71. The fourth-order valence-electron chi connectivity index (χ4n) is 2.02. The number of hydrogen-bond acceptors (Lipinski definition) is 2. The van der Waals surface area contributed by atoms with Gasteiger partial charge in [-0.15, -0.1) is 0 Å². The molecule has 0 saturated carbocycles. The molecule has 0 aliphatic carbocycles. The van der Waals surface area contributed by atoms with E-state index in [1.54, 1.807) is 0 Å². The Bertz CT molecular complexity index is 547. The minimum Gasteiger partial charge on any atom is -0.271 e. The first-order valence-corrected chi connectivity index (χ1v) is 7.18. The largest absolute Gasteiger partial charge is 0.271 e. The maximum absolute atomic E-state index is 6.02. The highest BCUT2D eigenvalue weighted by atomic mass is 79.9. The Balaban J connectivity index is 2.43. The third kappa shape index (κ3) is 3.18. The maximum atomic E-state index is 6.02. The number of hydrogen-bond donors (Lipinski definition) is 2. The smallest absolute Gasteiger partial charge is 0.0710 e. The van der Waals surface area contributed by atoms with Crippen LogP contribution in [0, 0.1) is 13.8 Å². The number of nitrogens with one attached hydrogen (secondary N) is 1. The lowest BCUT2D eigenvalue weighted by Gasteiger charge is -2.18. The molecule has 100 valence electrons. The Kier molecular flexibility index (Phi) is 4.63. The van der Waals surface area contributed by atoms with Crippen LogP contribution in [0.15, 0.2) is 40.9 Å². The molecule has 1 atom stereocenters. The summed E-state index contributed by atoms with van der Waals surface area (Å²) in [6.45, 7) is 4.20. The van der Waals surface area contributed by atoms with Crippen LogP contribution < -0.4 is 11.3 Å². The fourth-order valence-corrected chi connectivity index (χ4v) is 2.54. The molecule has 1 unspecified atom stereocenters. The maximum Gasteiger partial charge on any atom is 0.0710 e. The lowest BCUT2D eigenvalue weighted by molar-refractivity contribution is 0.636. The number of rotatable bonds is 3. The molecule has 4 heteroatoms. The highest BCUT2D eigenvalue weighted by Crippen LogP contribution is 2.29. The highest BCUT2D eigenvalue weighted by Gasteiger charge is 2.14. The summed E-state index contributed by atoms with van der Waals surface area (Å²) in [5, 5.41) is 0.694. The third-order valence-electron chi connectivity index (χ3n) is 3.31. The predicted octanol–water partition coefficient (Wildman–Crippen LogP) is 4.27. The Hall–Kier alpha value is -0.870. The molecule has 0 aromatic heterocycles. The van der Waals surface area contributed by atoms with Crippen LogP contribution in [-0.2, 0) is 0 Å². The van der Waals surface area contributed by atoms with Crippen LogP contribution in [0.4, 0.5) is 0 Å². The van der Waals surface area contributed by atoms with Crippen LogP contribution >= 0.6 is 27.5 Å². The Labute approximate surface area is 127 Å². The fraction of sp³-hybridized carbons (Fsp3) is 0.200. The first-order valence-electron chi connectivity index (χ1n) is 6.01. The van der Waals surface area contributed by atoms with Crippen molar-refractivity contribution in [1.82, 2.24) is 5.43 Å². The summed E-state index contributed by atoms with van der Waals surface area (Å²) in [7, 11) is 0. The van der Waals surface area contributed by atoms with Crippen LogP contribution in [0.1, 0.15) is 28.3 Å². The van der Waals surface area contributed by atoms with Crippen LogP contribution in [0.2, 0.25) is 5.02 Å². The van der Waals surface area contributed by atoms with Crippen molar-refractivity contribution in [3.63, 3.8) is 0 Å². The van der Waals surface area contributed by atoms with Gasteiger partial charge in [-0.05, 0) is 64.2 Å². The zero-order chi connectivity index (χ0) is 14.0. The van der Waals surface area contributed by atoms with Crippen molar-refractivity contribution in [3.05, 3.63) is 68.1 Å². The predicted molar refractivity (Wildman–Crippen MR) is 84.2 cm³/mol. The van der Waals surface area contributed by atoms with Crippen molar-refractivity contribution < 1.29 is 0 Å². The van der Waals surface area contributed by atoms with Gasteiger partial charge in [-0.2, -0.15) is 0 Å². The van der Waals surface area contributed by atoms with Crippen molar-refractivity contribution in [1.29, 1.82) is 0 Å². The van der Waals surface area contributed by atoms with Crippen molar-refractivity contribution in [3.8, 4) is 0 Å².